The summed E-state index contributed by atoms with van der Waals surface area (Å²) in [5.74, 6) is 2.70. The van der Waals surface area contributed by atoms with E-state index in [1.54, 1.807) is 0 Å². The molecule has 4 atom stereocenters. The summed E-state index contributed by atoms with van der Waals surface area (Å²) in [7, 11) is 1.96. The second kappa shape index (κ2) is 7.74. The lowest BCUT2D eigenvalue weighted by Crippen LogP contribution is -2.72. The highest BCUT2D eigenvalue weighted by atomic mass is 127. The number of hydrogen-bond acceptors (Lipinski definition) is 3. The molecule has 0 bridgehead atoms. The van der Waals surface area contributed by atoms with Crippen molar-refractivity contribution in [2.24, 2.45) is 22.2 Å². The maximum atomic E-state index is 6.07. The van der Waals surface area contributed by atoms with Crippen molar-refractivity contribution < 1.29 is 4.74 Å². The van der Waals surface area contributed by atoms with Crippen molar-refractivity contribution in [2.75, 3.05) is 46.4 Å². The Bertz CT molecular complexity index is 532. The first kappa shape index (κ1) is 19.2. The van der Waals surface area contributed by atoms with Crippen LogP contribution >= 0.6 is 24.0 Å². The second-order valence-electron chi connectivity index (χ2n) is 9.11. The number of likely N-dealkylation sites (tertiary alicyclic amines) is 2. The molecule has 3 saturated heterocycles. The number of hydrogen-bond donors (Lipinski definition) is 1. The molecular weight excluding hydrogens is 439 g/mol. The summed E-state index contributed by atoms with van der Waals surface area (Å²) in [6, 6.07) is 0.602. The van der Waals surface area contributed by atoms with Gasteiger partial charge < -0.3 is 19.9 Å². The van der Waals surface area contributed by atoms with E-state index in [-0.39, 0.29) is 24.0 Å². The predicted octanol–water partition coefficient (Wildman–Crippen LogP) is 2.56. The molecule has 2 aliphatic carbocycles. The van der Waals surface area contributed by atoms with Crippen molar-refractivity contribution >= 4 is 29.9 Å². The van der Waals surface area contributed by atoms with E-state index < -0.39 is 0 Å². The predicted molar refractivity (Wildman–Crippen MR) is 115 cm³/mol. The Labute approximate surface area is 175 Å². The van der Waals surface area contributed by atoms with Crippen molar-refractivity contribution in [1.29, 1.82) is 0 Å². The van der Waals surface area contributed by atoms with Gasteiger partial charge in [0.1, 0.15) is 0 Å². The van der Waals surface area contributed by atoms with Gasteiger partial charge in [0.15, 0.2) is 5.96 Å². The van der Waals surface area contributed by atoms with Crippen LogP contribution in [0.15, 0.2) is 4.99 Å². The molecule has 3 aliphatic heterocycles. The molecule has 0 aromatic rings. The van der Waals surface area contributed by atoms with Crippen LogP contribution in [0.5, 0.6) is 0 Å². The van der Waals surface area contributed by atoms with Crippen LogP contribution in [0.25, 0.3) is 0 Å². The van der Waals surface area contributed by atoms with Gasteiger partial charge in [-0.25, -0.2) is 0 Å². The molecule has 1 N–H and O–H groups in total. The molecule has 5 nitrogen and oxygen atoms in total. The fourth-order valence-corrected chi connectivity index (χ4v) is 6.40. The molecule has 0 aromatic heterocycles. The van der Waals surface area contributed by atoms with Crippen molar-refractivity contribution in [3.8, 4) is 0 Å². The van der Waals surface area contributed by atoms with Gasteiger partial charge in [-0.2, -0.15) is 0 Å². The lowest BCUT2D eigenvalue weighted by Gasteiger charge is -2.63. The Morgan fingerprint density at radius 1 is 1.15 bits per heavy atom. The largest absolute Gasteiger partial charge is 0.377 e. The number of fused-ring (bicyclic) bond motifs is 2. The molecule has 5 fully saturated rings. The van der Waals surface area contributed by atoms with Crippen LogP contribution in [0.4, 0.5) is 0 Å². The number of halogens is 1. The van der Waals surface area contributed by atoms with E-state index >= 15 is 0 Å². The molecule has 148 valence electrons. The van der Waals surface area contributed by atoms with E-state index in [1.807, 2.05) is 7.05 Å². The summed E-state index contributed by atoms with van der Waals surface area (Å²) >= 11 is 0. The maximum absolute atomic E-state index is 6.07. The summed E-state index contributed by atoms with van der Waals surface area (Å²) in [6.45, 7) is 7.24. The van der Waals surface area contributed by atoms with Gasteiger partial charge in [-0.1, -0.05) is 6.42 Å². The molecule has 2 saturated carbocycles. The van der Waals surface area contributed by atoms with Crippen molar-refractivity contribution in [1.82, 2.24) is 15.1 Å². The van der Waals surface area contributed by atoms with Gasteiger partial charge in [0, 0.05) is 50.7 Å². The maximum Gasteiger partial charge on any atom is 0.193 e. The van der Waals surface area contributed by atoms with Crippen molar-refractivity contribution in [3.05, 3.63) is 0 Å². The Hall–Kier alpha value is -0.0800. The normalized spacial score (nSPS) is 38.7. The fraction of sp³-hybridized carbons (Fsp3) is 0.950. The lowest BCUT2D eigenvalue weighted by atomic mass is 9.46. The van der Waals surface area contributed by atoms with Gasteiger partial charge in [0.25, 0.3) is 0 Å². The molecule has 0 radical (unpaired) electrons. The number of ether oxygens (including phenoxy) is 1. The van der Waals surface area contributed by atoms with E-state index in [9.17, 15) is 0 Å². The molecule has 0 aromatic carbocycles. The topological polar surface area (TPSA) is 40.1 Å². The highest BCUT2D eigenvalue weighted by Gasteiger charge is 2.66. The van der Waals surface area contributed by atoms with E-state index in [0.717, 1.165) is 24.4 Å². The van der Waals surface area contributed by atoms with Gasteiger partial charge in [-0.05, 0) is 57.5 Å². The third-order valence-corrected chi connectivity index (χ3v) is 7.83. The molecule has 0 amide bonds. The first-order valence-electron chi connectivity index (χ1n) is 10.6. The quantitative estimate of drug-likeness (QED) is 0.388. The molecular formula is C20H35IN4O. The SMILES string of the molecule is CN=C(NC1C2CCOC2C12CCC2)N1CCC(CN2CCCC2)C1.I. The number of guanidine groups is 1. The lowest BCUT2D eigenvalue weighted by molar-refractivity contribution is -0.171. The van der Waals surface area contributed by atoms with Gasteiger partial charge in [0.2, 0.25) is 0 Å². The Morgan fingerprint density at radius 3 is 2.65 bits per heavy atom. The zero-order valence-corrected chi connectivity index (χ0v) is 18.5. The first-order valence-corrected chi connectivity index (χ1v) is 10.6. The summed E-state index contributed by atoms with van der Waals surface area (Å²) in [5, 5.41) is 3.91. The van der Waals surface area contributed by atoms with E-state index in [4.69, 9.17) is 4.74 Å². The molecule has 1 spiro atoms. The Kier molecular flexibility index (Phi) is 5.73. The van der Waals surface area contributed by atoms with E-state index in [1.165, 1.54) is 77.7 Å². The van der Waals surface area contributed by atoms with Gasteiger partial charge in [-0.15, -0.1) is 24.0 Å². The smallest absolute Gasteiger partial charge is 0.193 e. The summed E-state index contributed by atoms with van der Waals surface area (Å²) in [6.07, 6.45) is 9.97. The van der Waals surface area contributed by atoms with Crippen LogP contribution in [0.1, 0.15) is 44.9 Å². The molecule has 26 heavy (non-hydrogen) atoms. The van der Waals surface area contributed by atoms with Crippen LogP contribution < -0.4 is 5.32 Å². The first-order chi connectivity index (χ1) is 12.3. The highest BCUT2D eigenvalue weighted by Crippen LogP contribution is 2.62. The van der Waals surface area contributed by atoms with Crippen LogP contribution in [0.2, 0.25) is 0 Å². The number of rotatable bonds is 3. The minimum absolute atomic E-state index is 0. The third kappa shape index (κ3) is 3.08. The zero-order chi connectivity index (χ0) is 16.9. The minimum atomic E-state index is 0. The van der Waals surface area contributed by atoms with Crippen LogP contribution in [0, 0.1) is 17.3 Å². The van der Waals surface area contributed by atoms with Crippen LogP contribution in [-0.4, -0.2) is 74.3 Å². The van der Waals surface area contributed by atoms with Gasteiger partial charge in [-0.3, -0.25) is 4.99 Å². The Balaban J connectivity index is 0.00000168. The standard InChI is InChI=1S/C20H34N4O.HI/c1-21-19(24-11-5-15(14-24)13-23-9-2-3-10-23)22-17-16-6-12-25-18(16)20(17)7-4-8-20;/h15-18H,2-14H2,1H3,(H,21,22);1H. The fourth-order valence-electron chi connectivity index (χ4n) is 6.40. The molecule has 6 heteroatoms. The molecule has 4 unspecified atom stereocenters. The van der Waals surface area contributed by atoms with E-state index in [0.29, 0.717) is 17.6 Å². The van der Waals surface area contributed by atoms with Crippen molar-refractivity contribution in [3.63, 3.8) is 0 Å². The van der Waals surface area contributed by atoms with Crippen LogP contribution in [-0.2, 0) is 4.74 Å². The molecule has 5 aliphatic rings. The van der Waals surface area contributed by atoms with Crippen molar-refractivity contribution in [2.45, 2.75) is 57.1 Å². The van der Waals surface area contributed by atoms with Gasteiger partial charge in [0.05, 0.1) is 6.10 Å². The number of aliphatic imine (C=N–C) groups is 1. The van der Waals surface area contributed by atoms with Crippen LogP contribution in [0.3, 0.4) is 0 Å². The number of nitrogens with zero attached hydrogens (tertiary/aromatic N) is 3. The second-order valence-corrected chi connectivity index (χ2v) is 9.11. The minimum Gasteiger partial charge on any atom is -0.377 e. The summed E-state index contributed by atoms with van der Waals surface area (Å²) in [5.41, 5.74) is 0.436. The van der Waals surface area contributed by atoms with Gasteiger partial charge >= 0.3 is 0 Å². The monoisotopic (exact) mass is 474 g/mol. The third-order valence-electron chi connectivity index (χ3n) is 7.83. The average Bonchev–Trinajstić information content (AvgIpc) is 3.29. The highest BCUT2D eigenvalue weighted by molar-refractivity contribution is 14.0. The zero-order valence-electron chi connectivity index (χ0n) is 16.2. The number of nitrogens with one attached hydrogen (secondary N) is 1. The molecule has 5 rings (SSSR count). The summed E-state index contributed by atoms with van der Waals surface area (Å²) < 4.78 is 6.07. The molecule has 3 heterocycles. The average molecular weight is 474 g/mol. The summed E-state index contributed by atoms with van der Waals surface area (Å²) in [4.78, 5) is 9.86. The van der Waals surface area contributed by atoms with E-state index in [2.05, 4.69) is 20.1 Å². The Morgan fingerprint density at radius 2 is 1.96 bits per heavy atom.